The molecule has 3 rings (SSSR count). The highest BCUT2D eigenvalue weighted by molar-refractivity contribution is 7.88. The summed E-state index contributed by atoms with van der Waals surface area (Å²) in [7, 11) is -1.68. The largest absolute Gasteiger partial charge is 0.340 e. The SMILES string of the molecule is CN(Cc1cnn(-c2ccccc2)c1)C(=O)C1CCCCN1S(C)(=O)=O. The molecule has 0 radical (unpaired) electrons. The predicted octanol–water partition coefficient (Wildman–Crippen LogP) is 1.64. The van der Waals surface area contributed by atoms with E-state index in [-0.39, 0.29) is 5.91 Å². The number of aromatic nitrogens is 2. The normalized spacial score (nSPS) is 18.6. The van der Waals surface area contributed by atoms with Crippen LogP contribution in [0.2, 0.25) is 0 Å². The molecule has 2 heterocycles. The van der Waals surface area contributed by atoms with Gasteiger partial charge in [-0.25, -0.2) is 13.1 Å². The van der Waals surface area contributed by atoms with Gasteiger partial charge in [-0.3, -0.25) is 4.79 Å². The van der Waals surface area contributed by atoms with Gasteiger partial charge in [-0.2, -0.15) is 9.40 Å². The number of benzene rings is 1. The van der Waals surface area contributed by atoms with Crippen molar-refractivity contribution in [3.8, 4) is 5.69 Å². The Labute approximate surface area is 154 Å². The average Bonchev–Trinajstić information content (AvgIpc) is 3.09. The van der Waals surface area contributed by atoms with Crippen LogP contribution in [0, 0.1) is 0 Å². The molecule has 1 fully saturated rings. The molecule has 1 saturated heterocycles. The number of likely N-dealkylation sites (N-methyl/N-ethyl adjacent to an activating group) is 1. The van der Waals surface area contributed by atoms with Crippen LogP contribution >= 0.6 is 0 Å². The van der Waals surface area contributed by atoms with Gasteiger partial charge in [0.2, 0.25) is 15.9 Å². The number of piperidine rings is 1. The number of carbonyl (C=O) groups excluding carboxylic acids is 1. The number of para-hydroxylation sites is 1. The highest BCUT2D eigenvalue weighted by Crippen LogP contribution is 2.22. The molecule has 1 aromatic heterocycles. The smallest absolute Gasteiger partial charge is 0.241 e. The quantitative estimate of drug-likeness (QED) is 0.795. The average molecular weight is 376 g/mol. The van der Waals surface area contributed by atoms with Gasteiger partial charge >= 0.3 is 0 Å². The molecule has 140 valence electrons. The van der Waals surface area contributed by atoms with Crippen LogP contribution in [0.5, 0.6) is 0 Å². The summed E-state index contributed by atoms with van der Waals surface area (Å²) < 4.78 is 27.1. The molecule has 0 saturated carbocycles. The summed E-state index contributed by atoms with van der Waals surface area (Å²) in [5.41, 5.74) is 1.84. The zero-order valence-corrected chi connectivity index (χ0v) is 15.9. The van der Waals surface area contributed by atoms with Crippen molar-refractivity contribution in [1.29, 1.82) is 0 Å². The Morgan fingerprint density at radius 1 is 1.27 bits per heavy atom. The van der Waals surface area contributed by atoms with Gasteiger partial charge in [-0.15, -0.1) is 0 Å². The number of hydrogen-bond donors (Lipinski definition) is 0. The van der Waals surface area contributed by atoms with E-state index in [1.165, 1.54) is 10.6 Å². The summed E-state index contributed by atoms with van der Waals surface area (Å²) >= 11 is 0. The van der Waals surface area contributed by atoms with Crippen molar-refractivity contribution in [3.05, 3.63) is 48.3 Å². The minimum Gasteiger partial charge on any atom is -0.340 e. The molecule has 1 aromatic carbocycles. The van der Waals surface area contributed by atoms with E-state index in [4.69, 9.17) is 0 Å². The number of nitrogens with zero attached hydrogens (tertiary/aromatic N) is 4. The molecule has 0 spiro atoms. The van der Waals surface area contributed by atoms with Crippen LogP contribution in [-0.2, 0) is 21.4 Å². The van der Waals surface area contributed by atoms with E-state index in [1.807, 2.05) is 36.5 Å². The Kier molecular flexibility index (Phi) is 5.43. The maximum atomic E-state index is 12.8. The minimum atomic E-state index is -3.39. The predicted molar refractivity (Wildman–Crippen MR) is 99.2 cm³/mol. The van der Waals surface area contributed by atoms with Gasteiger partial charge in [0.25, 0.3) is 0 Å². The summed E-state index contributed by atoms with van der Waals surface area (Å²) in [6.45, 7) is 0.800. The van der Waals surface area contributed by atoms with Crippen molar-refractivity contribution in [2.24, 2.45) is 0 Å². The van der Waals surface area contributed by atoms with Crippen LogP contribution in [0.25, 0.3) is 5.69 Å². The molecule has 7 nitrogen and oxygen atoms in total. The number of hydrogen-bond acceptors (Lipinski definition) is 4. The summed E-state index contributed by atoms with van der Waals surface area (Å²) in [5.74, 6) is -0.164. The second-order valence-corrected chi connectivity index (χ2v) is 8.64. The molecular formula is C18H24N4O3S. The Balaban J connectivity index is 1.70. The fraction of sp³-hybridized carbons (Fsp3) is 0.444. The lowest BCUT2D eigenvalue weighted by molar-refractivity contribution is -0.135. The summed E-state index contributed by atoms with van der Waals surface area (Å²) in [6, 6.07) is 9.13. The molecule has 8 heteroatoms. The first-order chi connectivity index (χ1) is 12.4. The molecule has 0 aliphatic carbocycles. The zero-order chi connectivity index (χ0) is 18.7. The van der Waals surface area contributed by atoms with Gasteiger partial charge in [-0.05, 0) is 25.0 Å². The zero-order valence-electron chi connectivity index (χ0n) is 15.1. The van der Waals surface area contributed by atoms with Crippen LogP contribution in [0.15, 0.2) is 42.7 Å². The topological polar surface area (TPSA) is 75.5 Å². The Bertz CT molecular complexity index is 864. The Hall–Kier alpha value is -2.19. The van der Waals surface area contributed by atoms with E-state index in [2.05, 4.69) is 5.10 Å². The third-order valence-electron chi connectivity index (χ3n) is 4.62. The van der Waals surface area contributed by atoms with Gasteiger partial charge < -0.3 is 4.90 Å². The van der Waals surface area contributed by atoms with E-state index in [0.29, 0.717) is 19.5 Å². The summed E-state index contributed by atoms with van der Waals surface area (Å²) in [5, 5.41) is 4.34. The summed E-state index contributed by atoms with van der Waals surface area (Å²) in [6.07, 6.45) is 7.01. The van der Waals surface area contributed by atoms with Crippen LogP contribution in [0.3, 0.4) is 0 Å². The lowest BCUT2D eigenvalue weighted by Crippen LogP contribution is -2.51. The molecule has 0 bridgehead atoms. The Morgan fingerprint density at radius 2 is 2.00 bits per heavy atom. The first-order valence-electron chi connectivity index (χ1n) is 8.67. The van der Waals surface area contributed by atoms with Crippen LogP contribution < -0.4 is 0 Å². The fourth-order valence-electron chi connectivity index (χ4n) is 3.32. The van der Waals surface area contributed by atoms with Gasteiger partial charge in [0.05, 0.1) is 18.1 Å². The van der Waals surface area contributed by atoms with Crippen LogP contribution in [0.4, 0.5) is 0 Å². The van der Waals surface area contributed by atoms with E-state index >= 15 is 0 Å². The molecular weight excluding hydrogens is 352 g/mol. The number of sulfonamides is 1. The molecule has 1 atom stereocenters. The first-order valence-corrected chi connectivity index (χ1v) is 10.5. The fourth-order valence-corrected chi connectivity index (χ4v) is 4.44. The van der Waals surface area contributed by atoms with Crippen molar-refractivity contribution in [1.82, 2.24) is 19.0 Å². The van der Waals surface area contributed by atoms with Crippen LogP contribution in [-0.4, -0.2) is 59.2 Å². The van der Waals surface area contributed by atoms with E-state index in [9.17, 15) is 13.2 Å². The third-order valence-corrected chi connectivity index (χ3v) is 5.91. The number of amides is 1. The molecule has 1 unspecified atom stereocenters. The van der Waals surface area contributed by atoms with E-state index in [1.54, 1.807) is 22.8 Å². The van der Waals surface area contributed by atoms with Crippen molar-refractivity contribution in [3.63, 3.8) is 0 Å². The minimum absolute atomic E-state index is 0.164. The molecule has 2 aromatic rings. The molecule has 1 aliphatic rings. The van der Waals surface area contributed by atoms with Crippen molar-refractivity contribution >= 4 is 15.9 Å². The highest BCUT2D eigenvalue weighted by atomic mass is 32.2. The van der Waals surface area contributed by atoms with Gasteiger partial charge in [0.1, 0.15) is 6.04 Å². The lowest BCUT2D eigenvalue weighted by Gasteiger charge is -2.34. The number of rotatable bonds is 5. The lowest BCUT2D eigenvalue weighted by atomic mass is 10.0. The Morgan fingerprint density at radius 3 is 2.69 bits per heavy atom. The van der Waals surface area contributed by atoms with Crippen LogP contribution in [0.1, 0.15) is 24.8 Å². The molecule has 0 N–H and O–H groups in total. The molecule has 1 amide bonds. The maximum absolute atomic E-state index is 12.8. The second kappa shape index (κ2) is 7.59. The highest BCUT2D eigenvalue weighted by Gasteiger charge is 2.35. The first kappa shape index (κ1) is 18.6. The van der Waals surface area contributed by atoms with Crippen molar-refractivity contribution in [2.75, 3.05) is 19.8 Å². The maximum Gasteiger partial charge on any atom is 0.241 e. The molecule has 1 aliphatic heterocycles. The standard InChI is InChI=1S/C18H24N4O3S/c1-20(18(23)17-10-6-7-11-22(17)26(2,24)25)13-15-12-19-21(14-15)16-8-4-3-5-9-16/h3-5,8-9,12,14,17H,6-7,10-11,13H2,1-2H3. The van der Waals surface area contributed by atoms with Crippen molar-refractivity contribution < 1.29 is 13.2 Å². The van der Waals surface area contributed by atoms with Crippen molar-refractivity contribution in [2.45, 2.75) is 31.8 Å². The monoisotopic (exact) mass is 376 g/mol. The third kappa shape index (κ3) is 4.13. The van der Waals surface area contributed by atoms with Gasteiger partial charge in [0, 0.05) is 31.9 Å². The van der Waals surface area contributed by atoms with E-state index < -0.39 is 16.1 Å². The summed E-state index contributed by atoms with van der Waals surface area (Å²) in [4.78, 5) is 14.4. The molecule has 26 heavy (non-hydrogen) atoms. The number of carbonyl (C=O) groups is 1. The second-order valence-electron chi connectivity index (χ2n) is 6.71. The van der Waals surface area contributed by atoms with E-state index in [0.717, 1.165) is 24.1 Å². The van der Waals surface area contributed by atoms with Gasteiger partial charge in [0.15, 0.2) is 0 Å². The van der Waals surface area contributed by atoms with Gasteiger partial charge in [-0.1, -0.05) is 24.6 Å².